The molecule has 5 N–H and O–H groups in total. The van der Waals surface area contributed by atoms with E-state index in [1.54, 1.807) is 53.5 Å². The number of amides is 5. The van der Waals surface area contributed by atoms with Crippen molar-refractivity contribution in [2.45, 2.75) is 58.8 Å². The van der Waals surface area contributed by atoms with Crippen molar-refractivity contribution in [1.82, 2.24) is 45.7 Å². The van der Waals surface area contributed by atoms with Gasteiger partial charge in [0.2, 0.25) is 23.6 Å². The van der Waals surface area contributed by atoms with Crippen LogP contribution in [0.25, 0.3) is 33.0 Å². The van der Waals surface area contributed by atoms with Crippen molar-refractivity contribution in [2.75, 3.05) is 103 Å². The maximum Gasteiger partial charge on any atom is 0.274 e. The number of aryl methyl sites for hydroxylation is 1. The van der Waals surface area contributed by atoms with Crippen molar-refractivity contribution >= 4 is 52.2 Å². The van der Waals surface area contributed by atoms with Crippen LogP contribution in [-0.4, -0.2) is 175 Å². The fourth-order valence-corrected chi connectivity index (χ4v) is 10.5. The fraction of sp³-hybridized carbons (Fsp3) is 0.400. The highest BCUT2D eigenvalue weighted by molar-refractivity contribution is 7.13. The standard InChI is InChI=1S/C60H69FN12O10S/c1-38-54(84-37-67-38)40-11-9-39(10-12-40)32-66-58(78)49-30-43(74)34-73(49)59(79)55(60(2,3)4)70-52(76)36-83-28-27-82-26-25-81-24-19-64-51(75)35-71-20-22-72(23-21-71)48-29-41(44-33-63-17-15-42(44)31-62)13-14-46(48)69-57(77)47-16-18-65-56(68-47)53-45(61)7-6-8-50(53)80-5/h6-18,29,33,37,43,49,55,74H,19-28,30,32,34-36H2,1-5H3,(H,64,75)(H,66,78)(H,69,77)(H,70,76)/t43-,49+,55-/m1/s1. The molecule has 442 valence electrons. The minimum atomic E-state index is -1.00. The summed E-state index contributed by atoms with van der Waals surface area (Å²) in [5.74, 6) is -2.52. The van der Waals surface area contributed by atoms with Gasteiger partial charge in [0.1, 0.15) is 36.0 Å². The van der Waals surface area contributed by atoms with E-state index in [9.17, 15) is 38.7 Å². The third-order valence-corrected chi connectivity index (χ3v) is 15.1. The van der Waals surface area contributed by atoms with Gasteiger partial charge in [-0.3, -0.25) is 33.9 Å². The molecule has 0 aliphatic carbocycles. The van der Waals surface area contributed by atoms with Crippen molar-refractivity contribution in [3.05, 3.63) is 125 Å². The van der Waals surface area contributed by atoms with Crippen molar-refractivity contribution in [1.29, 1.82) is 5.26 Å². The van der Waals surface area contributed by atoms with Gasteiger partial charge in [-0.2, -0.15) is 5.26 Å². The van der Waals surface area contributed by atoms with Crippen molar-refractivity contribution in [2.24, 2.45) is 5.41 Å². The lowest BCUT2D eigenvalue weighted by atomic mass is 9.85. The summed E-state index contributed by atoms with van der Waals surface area (Å²) >= 11 is 1.56. The Morgan fingerprint density at radius 1 is 0.881 bits per heavy atom. The lowest BCUT2D eigenvalue weighted by molar-refractivity contribution is -0.144. The highest BCUT2D eigenvalue weighted by Gasteiger charge is 2.44. The van der Waals surface area contributed by atoms with E-state index < -0.39 is 53.0 Å². The zero-order chi connectivity index (χ0) is 59.8. The number of thiazole rings is 1. The molecule has 3 aromatic heterocycles. The quantitative estimate of drug-likeness (QED) is 0.0472. The molecule has 8 rings (SSSR count). The summed E-state index contributed by atoms with van der Waals surface area (Å²) in [5.41, 5.74) is 6.86. The summed E-state index contributed by atoms with van der Waals surface area (Å²) in [5, 5.41) is 32.0. The van der Waals surface area contributed by atoms with Crippen molar-refractivity contribution in [3.63, 3.8) is 0 Å². The Labute approximate surface area is 490 Å². The predicted molar refractivity (Wildman–Crippen MR) is 312 cm³/mol. The van der Waals surface area contributed by atoms with Crippen LogP contribution in [0.4, 0.5) is 15.8 Å². The number of pyridine rings is 1. The number of aliphatic hydroxyl groups excluding tert-OH is 1. The van der Waals surface area contributed by atoms with Gasteiger partial charge in [0.15, 0.2) is 5.82 Å². The number of nitriles is 1. The summed E-state index contributed by atoms with van der Waals surface area (Å²) in [6.07, 6.45) is 3.71. The molecule has 6 aromatic rings. The number of carbonyl (C=O) groups excluding carboxylic acids is 5. The van der Waals surface area contributed by atoms with Crippen LogP contribution in [0.2, 0.25) is 0 Å². The van der Waals surface area contributed by atoms with Gasteiger partial charge < -0.3 is 55.1 Å². The molecular weight excluding hydrogens is 1100 g/mol. The highest BCUT2D eigenvalue weighted by Crippen LogP contribution is 2.35. The zero-order valence-corrected chi connectivity index (χ0v) is 48.4. The van der Waals surface area contributed by atoms with E-state index >= 15 is 0 Å². The van der Waals surface area contributed by atoms with E-state index in [1.807, 2.05) is 62.9 Å². The molecule has 24 heteroatoms. The Kier molecular flexibility index (Phi) is 21.5. The van der Waals surface area contributed by atoms with E-state index in [0.29, 0.717) is 54.2 Å². The first-order valence-corrected chi connectivity index (χ1v) is 28.4. The molecule has 2 saturated heterocycles. The lowest BCUT2D eigenvalue weighted by Crippen LogP contribution is -2.58. The van der Waals surface area contributed by atoms with E-state index in [-0.39, 0.29) is 101 Å². The molecule has 0 saturated carbocycles. The Hall–Kier alpha value is -8.31. The fourth-order valence-electron chi connectivity index (χ4n) is 9.73. The summed E-state index contributed by atoms with van der Waals surface area (Å²) in [7, 11) is 1.41. The normalized spacial score (nSPS) is 15.7. The molecule has 84 heavy (non-hydrogen) atoms. The molecule has 2 aliphatic heterocycles. The number of nitrogens with zero attached hydrogens (tertiary/aromatic N) is 8. The Balaban J connectivity index is 0.720. The lowest BCUT2D eigenvalue weighted by Gasteiger charge is -2.36. The molecule has 5 heterocycles. The number of methoxy groups -OCH3 is 1. The number of aliphatic hydroxyl groups is 1. The van der Waals surface area contributed by atoms with Crippen molar-refractivity contribution < 1.29 is 52.4 Å². The summed E-state index contributed by atoms with van der Waals surface area (Å²) in [6, 6.07) is 20.9. The number of likely N-dealkylation sites (tertiary alicyclic amines) is 1. The number of piperazine rings is 1. The molecule has 22 nitrogen and oxygen atoms in total. The number of benzene rings is 3. The van der Waals surface area contributed by atoms with Gasteiger partial charge in [-0.05, 0) is 65.4 Å². The van der Waals surface area contributed by atoms with Crippen LogP contribution >= 0.6 is 11.3 Å². The number of halogens is 1. The number of rotatable bonds is 25. The number of anilines is 2. The monoisotopic (exact) mass is 1170 g/mol. The zero-order valence-electron chi connectivity index (χ0n) is 47.6. The van der Waals surface area contributed by atoms with E-state index in [1.165, 1.54) is 36.4 Å². The number of carbonyl (C=O) groups is 5. The molecule has 0 bridgehead atoms. The maximum atomic E-state index is 14.9. The number of hydrogen-bond acceptors (Lipinski definition) is 18. The first kappa shape index (κ1) is 61.8. The average molecular weight is 1170 g/mol. The van der Waals surface area contributed by atoms with Gasteiger partial charge in [-0.25, -0.2) is 19.3 Å². The molecule has 0 radical (unpaired) electrons. The van der Waals surface area contributed by atoms with E-state index in [4.69, 9.17) is 18.9 Å². The molecule has 5 amide bonds. The minimum Gasteiger partial charge on any atom is -0.496 e. The third-order valence-electron chi connectivity index (χ3n) is 14.1. The Morgan fingerprint density at radius 3 is 2.33 bits per heavy atom. The molecule has 3 atom stereocenters. The van der Waals surface area contributed by atoms with Gasteiger partial charge in [0, 0.05) is 76.4 Å². The molecular formula is C60H69FN12O10S. The summed E-state index contributed by atoms with van der Waals surface area (Å²) in [4.78, 5) is 91.0. The molecule has 2 aliphatic rings. The highest BCUT2D eigenvalue weighted by atomic mass is 32.1. The van der Waals surface area contributed by atoms with Gasteiger partial charge in [-0.15, -0.1) is 11.3 Å². The largest absolute Gasteiger partial charge is 0.496 e. The second-order valence-corrected chi connectivity index (χ2v) is 22.0. The topological polar surface area (TPSA) is 276 Å². The minimum absolute atomic E-state index is 0.00192. The van der Waals surface area contributed by atoms with Crippen LogP contribution in [0.3, 0.4) is 0 Å². The first-order chi connectivity index (χ1) is 40.5. The first-order valence-electron chi connectivity index (χ1n) is 27.5. The number of β-amino-alcohol motifs (C(OH)–C–C–N with tert-alkyl or cyclic N) is 1. The van der Waals surface area contributed by atoms with Gasteiger partial charge in [-0.1, -0.05) is 57.2 Å². The molecule has 3 aromatic carbocycles. The molecule has 0 spiro atoms. The van der Waals surface area contributed by atoms with Crippen molar-refractivity contribution in [3.8, 4) is 44.8 Å². The maximum absolute atomic E-state index is 14.9. The van der Waals surface area contributed by atoms with Crippen LogP contribution in [-0.2, 0) is 39.9 Å². The summed E-state index contributed by atoms with van der Waals surface area (Å²) < 4.78 is 37.1. The van der Waals surface area contributed by atoms with Gasteiger partial charge >= 0.3 is 0 Å². The van der Waals surface area contributed by atoms with Crippen LogP contribution in [0.15, 0.2) is 96.9 Å². The Morgan fingerprint density at radius 2 is 1.62 bits per heavy atom. The second kappa shape index (κ2) is 29.3. The van der Waals surface area contributed by atoms with Crippen LogP contribution < -0.4 is 30.9 Å². The smallest absolute Gasteiger partial charge is 0.274 e. The SMILES string of the molecule is COc1cccc(F)c1-c1nccc(C(=O)Nc2ccc(-c3cnccc3C#N)cc2N2CCN(CC(=O)NCCOCCOCCOCC(=O)N[C@H](C(=O)N3C[C@H](O)C[C@H]3C(=O)NCc3ccc(-c4scnc4C)cc3)C(C)(C)C)CC2)n1. The average Bonchev–Trinajstić information content (AvgIpc) is 4.31. The van der Waals surface area contributed by atoms with Crippen LogP contribution in [0.1, 0.15) is 54.5 Å². The summed E-state index contributed by atoms with van der Waals surface area (Å²) in [6.45, 7) is 10.8. The van der Waals surface area contributed by atoms with E-state index in [2.05, 4.69) is 52.2 Å². The molecule has 0 unspecified atom stereocenters. The van der Waals surface area contributed by atoms with Crippen LogP contribution in [0.5, 0.6) is 5.75 Å². The van der Waals surface area contributed by atoms with E-state index in [0.717, 1.165) is 21.7 Å². The predicted octanol–water partition coefficient (Wildman–Crippen LogP) is 5.01. The number of hydrogen-bond donors (Lipinski definition) is 5. The number of ether oxygens (including phenoxy) is 4. The number of aromatic nitrogens is 4. The molecule has 2 fully saturated rings. The third kappa shape index (κ3) is 16.3. The Bertz CT molecular complexity index is 3310. The van der Waals surface area contributed by atoms with Gasteiger partial charge in [0.05, 0.1) is 97.4 Å². The van der Waals surface area contributed by atoms with Crippen LogP contribution in [0, 0.1) is 29.5 Å². The van der Waals surface area contributed by atoms with Gasteiger partial charge in [0.25, 0.3) is 5.91 Å². The number of nitrogens with one attached hydrogen (secondary N) is 4. The second-order valence-electron chi connectivity index (χ2n) is 21.1.